The highest BCUT2D eigenvalue weighted by Gasteiger charge is 2.14. The SMILES string of the molecule is CCn1c(SCC(=O)Nc2ccc(OC)c(OC)c2)nnc1-n1cccc1. The molecule has 9 heteroatoms. The van der Waals surface area contributed by atoms with Crippen molar-refractivity contribution in [3.8, 4) is 17.4 Å². The quantitative estimate of drug-likeness (QED) is 0.599. The third kappa shape index (κ3) is 4.25. The number of carbonyl (C=O) groups excluding carboxylic acids is 1. The predicted octanol–water partition coefficient (Wildman–Crippen LogP) is 2.84. The molecule has 0 saturated carbocycles. The molecule has 1 amide bonds. The lowest BCUT2D eigenvalue weighted by Crippen LogP contribution is -2.15. The maximum absolute atomic E-state index is 12.3. The number of methoxy groups -OCH3 is 2. The molecule has 2 heterocycles. The average Bonchev–Trinajstić information content (AvgIpc) is 3.35. The summed E-state index contributed by atoms with van der Waals surface area (Å²) < 4.78 is 14.3. The zero-order chi connectivity index (χ0) is 19.2. The molecule has 0 aliphatic carbocycles. The summed E-state index contributed by atoms with van der Waals surface area (Å²) in [6.07, 6.45) is 3.82. The van der Waals surface area contributed by atoms with E-state index in [2.05, 4.69) is 15.5 Å². The Morgan fingerprint density at radius 2 is 1.89 bits per heavy atom. The Labute approximate surface area is 161 Å². The summed E-state index contributed by atoms with van der Waals surface area (Å²) in [7, 11) is 3.12. The summed E-state index contributed by atoms with van der Waals surface area (Å²) in [6, 6.07) is 9.09. The van der Waals surface area contributed by atoms with Gasteiger partial charge in [-0.2, -0.15) is 0 Å². The van der Waals surface area contributed by atoms with E-state index in [1.165, 1.54) is 11.8 Å². The van der Waals surface area contributed by atoms with Gasteiger partial charge in [0.15, 0.2) is 16.7 Å². The van der Waals surface area contributed by atoms with Crippen LogP contribution in [0.15, 0.2) is 47.9 Å². The van der Waals surface area contributed by atoms with Crippen LogP contribution in [0.3, 0.4) is 0 Å². The van der Waals surface area contributed by atoms with Crippen molar-refractivity contribution in [1.82, 2.24) is 19.3 Å². The molecule has 3 aromatic rings. The number of carbonyl (C=O) groups is 1. The Bertz CT molecular complexity index is 908. The first-order chi connectivity index (χ1) is 13.2. The van der Waals surface area contributed by atoms with E-state index in [4.69, 9.17) is 9.47 Å². The first-order valence-corrected chi connectivity index (χ1v) is 9.36. The third-order valence-corrected chi connectivity index (χ3v) is 4.82. The maximum atomic E-state index is 12.3. The summed E-state index contributed by atoms with van der Waals surface area (Å²) in [5.41, 5.74) is 0.642. The van der Waals surface area contributed by atoms with E-state index in [0.717, 1.165) is 5.95 Å². The molecule has 0 aliphatic heterocycles. The minimum Gasteiger partial charge on any atom is -0.493 e. The molecule has 2 aromatic heterocycles. The number of amides is 1. The van der Waals surface area contributed by atoms with Crippen LogP contribution in [-0.4, -0.2) is 45.2 Å². The van der Waals surface area contributed by atoms with Crippen molar-refractivity contribution in [2.75, 3.05) is 25.3 Å². The molecule has 27 heavy (non-hydrogen) atoms. The zero-order valence-corrected chi connectivity index (χ0v) is 16.2. The van der Waals surface area contributed by atoms with E-state index >= 15 is 0 Å². The number of nitrogens with zero attached hydrogens (tertiary/aromatic N) is 4. The Morgan fingerprint density at radius 3 is 2.56 bits per heavy atom. The van der Waals surface area contributed by atoms with Gasteiger partial charge in [0, 0.05) is 30.7 Å². The van der Waals surface area contributed by atoms with Crippen molar-refractivity contribution in [2.45, 2.75) is 18.6 Å². The van der Waals surface area contributed by atoms with Crippen molar-refractivity contribution in [2.24, 2.45) is 0 Å². The fourth-order valence-corrected chi connectivity index (χ4v) is 3.36. The van der Waals surface area contributed by atoms with Crippen LogP contribution in [0.25, 0.3) is 5.95 Å². The minimum absolute atomic E-state index is 0.139. The molecule has 1 aromatic carbocycles. The van der Waals surface area contributed by atoms with Crippen LogP contribution in [-0.2, 0) is 11.3 Å². The number of hydrogen-bond donors (Lipinski definition) is 1. The number of hydrogen-bond acceptors (Lipinski definition) is 6. The normalized spacial score (nSPS) is 10.6. The lowest BCUT2D eigenvalue weighted by Gasteiger charge is -2.11. The van der Waals surface area contributed by atoms with Crippen molar-refractivity contribution >= 4 is 23.4 Å². The topological polar surface area (TPSA) is 83.2 Å². The minimum atomic E-state index is -0.139. The van der Waals surface area contributed by atoms with Gasteiger partial charge in [-0.15, -0.1) is 10.2 Å². The van der Waals surface area contributed by atoms with Crippen molar-refractivity contribution in [1.29, 1.82) is 0 Å². The molecule has 0 bridgehead atoms. The largest absolute Gasteiger partial charge is 0.493 e. The number of nitrogens with one attached hydrogen (secondary N) is 1. The van der Waals surface area contributed by atoms with E-state index in [9.17, 15) is 4.79 Å². The smallest absolute Gasteiger partial charge is 0.236 e. The van der Waals surface area contributed by atoms with E-state index in [1.807, 2.05) is 40.6 Å². The summed E-state index contributed by atoms with van der Waals surface area (Å²) in [4.78, 5) is 12.3. The van der Waals surface area contributed by atoms with Crippen molar-refractivity contribution in [3.05, 3.63) is 42.7 Å². The van der Waals surface area contributed by atoms with Crippen LogP contribution in [0.5, 0.6) is 11.5 Å². The number of rotatable bonds is 8. The molecule has 0 atom stereocenters. The average molecular weight is 387 g/mol. The molecule has 1 N–H and O–H groups in total. The lowest BCUT2D eigenvalue weighted by atomic mass is 10.2. The Balaban J connectivity index is 1.64. The lowest BCUT2D eigenvalue weighted by molar-refractivity contribution is -0.113. The highest BCUT2D eigenvalue weighted by Crippen LogP contribution is 2.30. The van der Waals surface area contributed by atoms with E-state index in [0.29, 0.717) is 28.9 Å². The maximum Gasteiger partial charge on any atom is 0.236 e. The van der Waals surface area contributed by atoms with Crippen LogP contribution < -0.4 is 14.8 Å². The van der Waals surface area contributed by atoms with Gasteiger partial charge >= 0.3 is 0 Å². The fraction of sp³-hybridized carbons (Fsp3) is 0.278. The Hall–Kier alpha value is -2.94. The second-order valence-corrected chi connectivity index (χ2v) is 6.47. The second kappa shape index (κ2) is 8.63. The first kappa shape index (κ1) is 18.8. The Morgan fingerprint density at radius 1 is 1.15 bits per heavy atom. The van der Waals surface area contributed by atoms with Crippen molar-refractivity contribution in [3.63, 3.8) is 0 Å². The molecule has 0 unspecified atom stereocenters. The summed E-state index contributed by atoms with van der Waals surface area (Å²) >= 11 is 1.34. The van der Waals surface area contributed by atoms with Gasteiger partial charge in [0.2, 0.25) is 11.9 Å². The van der Waals surface area contributed by atoms with Crippen LogP contribution in [0.1, 0.15) is 6.92 Å². The molecule has 8 nitrogen and oxygen atoms in total. The highest BCUT2D eigenvalue weighted by atomic mass is 32.2. The van der Waals surface area contributed by atoms with Crippen molar-refractivity contribution < 1.29 is 14.3 Å². The second-order valence-electron chi connectivity index (χ2n) is 5.52. The number of ether oxygens (including phenoxy) is 2. The van der Waals surface area contributed by atoms with Gasteiger partial charge in [-0.05, 0) is 31.2 Å². The van der Waals surface area contributed by atoms with Crippen LogP contribution in [0, 0.1) is 0 Å². The number of aromatic nitrogens is 4. The highest BCUT2D eigenvalue weighted by molar-refractivity contribution is 7.99. The van der Waals surface area contributed by atoms with E-state index < -0.39 is 0 Å². The predicted molar refractivity (Wildman–Crippen MR) is 104 cm³/mol. The third-order valence-electron chi connectivity index (χ3n) is 3.85. The molecule has 142 valence electrons. The molecule has 0 aliphatic rings. The molecule has 0 saturated heterocycles. The van der Waals surface area contributed by atoms with E-state index in [-0.39, 0.29) is 11.7 Å². The monoisotopic (exact) mass is 387 g/mol. The molecular weight excluding hydrogens is 366 g/mol. The van der Waals surface area contributed by atoms with Gasteiger partial charge in [0.1, 0.15) is 0 Å². The molecule has 0 radical (unpaired) electrons. The number of benzene rings is 1. The standard InChI is InChI=1S/C18H21N5O3S/c1-4-23-17(22-9-5-6-10-22)20-21-18(23)27-12-16(24)19-13-7-8-14(25-2)15(11-13)26-3/h5-11H,4,12H2,1-3H3,(H,19,24). The van der Waals surface area contributed by atoms with E-state index in [1.54, 1.807) is 32.4 Å². The zero-order valence-electron chi connectivity index (χ0n) is 15.4. The number of anilines is 1. The van der Waals surface area contributed by atoms with Gasteiger partial charge in [-0.25, -0.2) is 0 Å². The van der Waals surface area contributed by atoms with Gasteiger partial charge in [-0.3, -0.25) is 13.9 Å². The van der Waals surface area contributed by atoms with Crippen LogP contribution >= 0.6 is 11.8 Å². The summed E-state index contributed by atoms with van der Waals surface area (Å²) in [5.74, 6) is 1.98. The molecular formula is C18H21N5O3S. The van der Waals surface area contributed by atoms with Gasteiger partial charge in [0.25, 0.3) is 0 Å². The van der Waals surface area contributed by atoms with Gasteiger partial charge in [0.05, 0.1) is 20.0 Å². The van der Waals surface area contributed by atoms with Gasteiger partial charge < -0.3 is 14.8 Å². The summed E-state index contributed by atoms with van der Waals surface area (Å²) in [5, 5.41) is 12.0. The Kier molecular flexibility index (Phi) is 6.02. The first-order valence-electron chi connectivity index (χ1n) is 8.37. The molecule has 0 spiro atoms. The summed E-state index contributed by atoms with van der Waals surface area (Å²) in [6.45, 7) is 2.73. The van der Waals surface area contributed by atoms with Gasteiger partial charge in [-0.1, -0.05) is 11.8 Å². The van der Waals surface area contributed by atoms with Crippen LogP contribution in [0.2, 0.25) is 0 Å². The molecule has 0 fully saturated rings. The molecule has 3 rings (SSSR count). The van der Waals surface area contributed by atoms with Crippen LogP contribution in [0.4, 0.5) is 5.69 Å². The fourth-order valence-electron chi connectivity index (χ4n) is 2.56. The number of thioether (sulfide) groups is 1.